The Balaban J connectivity index is 0.000000602. The third-order valence-corrected chi connectivity index (χ3v) is 5.89. The van der Waals surface area contributed by atoms with Gasteiger partial charge in [0.1, 0.15) is 13.2 Å². The highest BCUT2D eigenvalue weighted by atomic mass is 79.9. The highest BCUT2D eigenvalue weighted by molar-refractivity contribution is 9.10. The number of benzene rings is 2. The summed E-state index contributed by atoms with van der Waals surface area (Å²) in [6.07, 6.45) is 0. The van der Waals surface area contributed by atoms with E-state index in [9.17, 15) is 9.59 Å². The zero-order valence-electron chi connectivity index (χ0n) is 20.0. The second kappa shape index (κ2) is 16.3. The molecule has 2 atom stereocenters. The summed E-state index contributed by atoms with van der Waals surface area (Å²) in [5.41, 5.74) is 1.16. The fourth-order valence-corrected chi connectivity index (χ4v) is 2.56. The van der Waals surface area contributed by atoms with Gasteiger partial charge in [-0.25, -0.2) is 9.59 Å². The van der Waals surface area contributed by atoms with Crippen LogP contribution in [0.25, 0.3) is 0 Å². The number of hydrogen-bond acceptors (Lipinski definition) is 6. The van der Waals surface area contributed by atoms with Gasteiger partial charge in [0, 0.05) is 21.0 Å². The molecule has 6 nitrogen and oxygen atoms in total. The first-order chi connectivity index (χ1) is 15.0. The zero-order chi connectivity index (χ0) is 24.3. The predicted molar refractivity (Wildman–Crippen MR) is 146 cm³/mol. The van der Waals surface area contributed by atoms with Crippen LogP contribution in [0.3, 0.4) is 0 Å². The third-order valence-electron chi connectivity index (χ3n) is 4.83. The summed E-state index contributed by atoms with van der Waals surface area (Å²) < 4.78 is 12.3. The van der Waals surface area contributed by atoms with E-state index in [0.29, 0.717) is 24.3 Å². The number of rotatable bonds is 8. The number of hydrogen-bond donors (Lipinski definition) is 0. The lowest BCUT2D eigenvalue weighted by atomic mass is 10.2. The summed E-state index contributed by atoms with van der Waals surface area (Å²) in [5, 5.41) is 0. The Labute approximate surface area is 221 Å². The molecule has 0 aromatic heterocycles. The Kier molecular flexibility index (Phi) is 15.6. The van der Waals surface area contributed by atoms with E-state index < -0.39 is 0 Å². The van der Waals surface area contributed by atoms with Gasteiger partial charge in [-0.05, 0) is 90.6 Å². The molecule has 0 radical (unpaired) electrons. The average molecular weight is 606 g/mol. The van der Waals surface area contributed by atoms with Crippen LogP contribution >= 0.6 is 45.4 Å². The molecule has 0 N–H and O–H groups in total. The van der Waals surface area contributed by atoms with Gasteiger partial charge >= 0.3 is 11.9 Å². The first kappa shape index (κ1) is 31.6. The minimum atomic E-state index is -0.277. The Morgan fingerprint density at radius 2 is 0.970 bits per heavy atom. The van der Waals surface area contributed by atoms with Crippen LogP contribution in [0.15, 0.2) is 57.5 Å². The predicted octanol–water partition coefficient (Wildman–Crippen LogP) is 5.22. The van der Waals surface area contributed by atoms with Crippen LogP contribution in [-0.2, 0) is 9.47 Å². The van der Waals surface area contributed by atoms with Gasteiger partial charge in [0.2, 0.25) is 0 Å². The van der Waals surface area contributed by atoms with Crippen molar-refractivity contribution in [3.05, 3.63) is 68.6 Å². The van der Waals surface area contributed by atoms with Crippen LogP contribution in [0.2, 0.25) is 0 Å². The molecule has 0 amide bonds. The second-order valence-electron chi connectivity index (χ2n) is 7.84. The molecular weight excluding hydrogens is 572 g/mol. The summed E-state index contributed by atoms with van der Waals surface area (Å²) in [5.74, 6) is -0.553. The van der Waals surface area contributed by atoms with E-state index in [2.05, 4.69) is 31.9 Å². The van der Waals surface area contributed by atoms with Gasteiger partial charge in [-0.2, -0.15) is 13.5 Å². The lowest BCUT2D eigenvalue weighted by Gasteiger charge is -2.19. The number of carbonyl (C=O) groups is 2. The fraction of sp³-hybridized carbons (Fsp3) is 0.417. The van der Waals surface area contributed by atoms with Crippen molar-refractivity contribution in [2.75, 3.05) is 41.4 Å². The van der Waals surface area contributed by atoms with E-state index in [-0.39, 0.29) is 37.5 Å². The molecular formula is C24H34Br2N2O4S. The van der Waals surface area contributed by atoms with Crippen LogP contribution in [0, 0.1) is 0 Å². The molecule has 0 unspecified atom stereocenters. The van der Waals surface area contributed by atoms with Gasteiger partial charge in [0.05, 0.1) is 11.1 Å². The monoisotopic (exact) mass is 604 g/mol. The molecule has 0 saturated carbocycles. The highest BCUT2D eigenvalue weighted by Gasteiger charge is 2.11. The largest absolute Gasteiger partial charge is 0.460 e. The SMILES string of the molecule is C[C@@H](COC(=O)c1ccc(Br)cc1)N(C)C.C[C@H](COC(=O)c1ccc(Br)cc1)N(C)C.S. The number of esters is 2. The van der Waals surface area contributed by atoms with Crippen molar-refractivity contribution in [3.63, 3.8) is 0 Å². The van der Waals surface area contributed by atoms with Crippen molar-refractivity contribution < 1.29 is 19.1 Å². The van der Waals surface area contributed by atoms with E-state index in [4.69, 9.17) is 9.47 Å². The van der Waals surface area contributed by atoms with Gasteiger partial charge in [-0.15, -0.1) is 0 Å². The lowest BCUT2D eigenvalue weighted by Crippen LogP contribution is -2.30. The molecule has 2 aromatic carbocycles. The first-order valence-corrected chi connectivity index (χ1v) is 11.8. The number of likely N-dealkylation sites (N-methyl/N-ethyl adjacent to an activating group) is 2. The normalized spacial score (nSPS) is 12.2. The van der Waals surface area contributed by atoms with Gasteiger partial charge in [0.25, 0.3) is 0 Å². The Morgan fingerprint density at radius 1 is 0.697 bits per heavy atom. The molecule has 0 heterocycles. The molecule has 0 aliphatic rings. The van der Waals surface area contributed by atoms with E-state index in [0.717, 1.165) is 8.95 Å². The average Bonchev–Trinajstić information content (AvgIpc) is 2.76. The van der Waals surface area contributed by atoms with Crippen molar-refractivity contribution in [2.45, 2.75) is 25.9 Å². The minimum Gasteiger partial charge on any atom is -0.460 e. The molecule has 0 saturated heterocycles. The van der Waals surface area contributed by atoms with Crippen LogP contribution < -0.4 is 0 Å². The van der Waals surface area contributed by atoms with E-state index in [1.54, 1.807) is 24.3 Å². The lowest BCUT2D eigenvalue weighted by molar-refractivity contribution is 0.0408. The van der Waals surface area contributed by atoms with Gasteiger partial charge in [0.15, 0.2) is 0 Å². The topological polar surface area (TPSA) is 59.1 Å². The zero-order valence-corrected chi connectivity index (χ0v) is 24.1. The fourth-order valence-electron chi connectivity index (χ4n) is 2.03. The van der Waals surface area contributed by atoms with E-state index in [1.165, 1.54) is 0 Å². The van der Waals surface area contributed by atoms with Crippen molar-refractivity contribution in [1.29, 1.82) is 0 Å². The molecule has 0 spiro atoms. The van der Waals surface area contributed by atoms with Crippen molar-refractivity contribution in [2.24, 2.45) is 0 Å². The number of carbonyl (C=O) groups excluding carboxylic acids is 2. The summed E-state index contributed by atoms with van der Waals surface area (Å²) >= 11 is 6.63. The molecule has 0 aliphatic carbocycles. The van der Waals surface area contributed by atoms with Crippen LogP contribution in [0.5, 0.6) is 0 Å². The van der Waals surface area contributed by atoms with Gasteiger partial charge in [-0.1, -0.05) is 31.9 Å². The van der Waals surface area contributed by atoms with Gasteiger partial charge < -0.3 is 19.3 Å². The minimum absolute atomic E-state index is 0. The van der Waals surface area contributed by atoms with Crippen LogP contribution in [-0.4, -0.2) is 75.2 Å². The number of halogens is 2. The summed E-state index contributed by atoms with van der Waals surface area (Å²) in [4.78, 5) is 27.3. The summed E-state index contributed by atoms with van der Waals surface area (Å²) in [6.45, 7) is 4.83. The van der Waals surface area contributed by atoms with Crippen molar-refractivity contribution >= 4 is 57.3 Å². The Bertz CT molecular complexity index is 775. The van der Waals surface area contributed by atoms with E-state index in [1.807, 2.05) is 76.1 Å². The van der Waals surface area contributed by atoms with Gasteiger partial charge in [-0.3, -0.25) is 0 Å². The maximum atomic E-state index is 11.6. The molecule has 2 aromatic rings. The molecule has 184 valence electrons. The molecule has 9 heteroatoms. The summed E-state index contributed by atoms with van der Waals surface area (Å²) in [7, 11) is 7.83. The molecule has 0 aliphatic heterocycles. The standard InChI is InChI=1S/2C12H16BrNO2.H2S/c2*1-9(14(2)3)8-16-12(15)10-4-6-11(13)7-5-10;/h2*4-7,9H,8H2,1-3H3;1H2/t2*9-;/m10./s1. The van der Waals surface area contributed by atoms with E-state index >= 15 is 0 Å². The third kappa shape index (κ3) is 12.6. The quantitative estimate of drug-likeness (QED) is 0.384. The smallest absolute Gasteiger partial charge is 0.338 e. The molecule has 0 fully saturated rings. The number of nitrogens with zero attached hydrogens (tertiary/aromatic N) is 2. The maximum absolute atomic E-state index is 11.6. The number of ether oxygens (including phenoxy) is 2. The molecule has 2 rings (SSSR count). The molecule has 0 bridgehead atoms. The van der Waals surface area contributed by atoms with Crippen LogP contribution in [0.1, 0.15) is 34.6 Å². The van der Waals surface area contributed by atoms with Crippen molar-refractivity contribution in [3.8, 4) is 0 Å². The molecule has 33 heavy (non-hydrogen) atoms. The van der Waals surface area contributed by atoms with Crippen LogP contribution in [0.4, 0.5) is 0 Å². The Hall–Kier alpha value is -1.39. The first-order valence-electron chi connectivity index (χ1n) is 10.2. The van der Waals surface area contributed by atoms with Crippen molar-refractivity contribution in [1.82, 2.24) is 9.80 Å². The Morgan fingerprint density at radius 3 is 1.21 bits per heavy atom. The second-order valence-corrected chi connectivity index (χ2v) is 9.67. The maximum Gasteiger partial charge on any atom is 0.338 e. The summed E-state index contributed by atoms with van der Waals surface area (Å²) in [6, 6.07) is 14.7. The highest BCUT2D eigenvalue weighted by Crippen LogP contribution is 2.12.